The number of hydrogen-bond donors (Lipinski definition) is 1. The fourth-order valence-electron chi connectivity index (χ4n) is 2.83. The van der Waals surface area contributed by atoms with Gasteiger partial charge >= 0.3 is 0 Å². The maximum Gasteiger partial charge on any atom is 0.0931 e. The summed E-state index contributed by atoms with van der Waals surface area (Å²) >= 11 is 9.36. The number of nitrogens with zero attached hydrogens (tertiary/aromatic N) is 1. The third kappa shape index (κ3) is 3.31. The zero-order valence-corrected chi connectivity index (χ0v) is 13.0. The third-order valence-corrected chi connectivity index (χ3v) is 5.40. The fourth-order valence-corrected chi connectivity index (χ4v) is 4.41. The normalized spacial score (nSPS) is 23.8. The summed E-state index contributed by atoms with van der Waals surface area (Å²) < 4.78 is 0.879. The van der Waals surface area contributed by atoms with Crippen molar-refractivity contribution < 1.29 is 0 Å². The van der Waals surface area contributed by atoms with E-state index >= 15 is 0 Å². The Balaban J connectivity index is 1.68. The van der Waals surface area contributed by atoms with Crippen LogP contribution in [0.4, 0.5) is 5.69 Å². The Morgan fingerprint density at radius 3 is 2.95 bits per heavy atom. The Hall–Kier alpha value is -0.550. The Kier molecular flexibility index (Phi) is 4.12. The molecule has 2 atom stereocenters. The molecule has 102 valence electrons. The maximum atomic E-state index is 6.22. The number of nitrogens with two attached hydrogens (primary N) is 1. The highest BCUT2D eigenvalue weighted by atomic mass is 35.5. The van der Waals surface area contributed by atoms with E-state index in [1.165, 1.54) is 11.3 Å². The second kappa shape index (κ2) is 5.83. The summed E-state index contributed by atoms with van der Waals surface area (Å²) in [6, 6.07) is 4.54. The minimum atomic E-state index is 0.271. The largest absolute Gasteiger partial charge is 0.369 e. The van der Waals surface area contributed by atoms with Crippen LogP contribution in [-0.2, 0) is 6.42 Å². The number of halogens is 1. The zero-order chi connectivity index (χ0) is 13.2. The highest BCUT2D eigenvalue weighted by Crippen LogP contribution is 2.28. The summed E-state index contributed by atoms with van der Waals surface area (Å²) in [6.45, 7) is 2.07. The summed E-state index contributed by atoms with van der Waals surface area (Å²) in [5.74, 6) is 0.620. The fraction of sp³-hybridized carbons (Fsp3) is 0.429. The molecule has 3 heterocycles. The van der Waals surface area contributed by atoms with Crippen LogP contribution in [0, 0.1) is 5.92 Å². The van der Waals surface area contributed by atoms with E-state index in [2.05, 4.69) is 33.2 Å². The first-order valence-electron chi connectivity index (χ1n) is 6.46. The van der Waals surface area contributed by atoms with Crippen molar-refractivity contribution in [3.8, 4) is 0 Å². The lowest BCUT2D eigenvalue weighted by atomic mass is 9.90. The average molecular weight is 313 g/mol. The molecule has 3 rings (SSSR count). The standard InChI is InChI=1S/C14H17ClN2S2/c15-14-5-11(8-19-14)3-10-4-12(16)7-17(6-10)13-1-2-18-9-13/h1-2,5,8-10,12H,3-4,6-7,16H2. The molecule has 1 saturated heterocycles. The van der Waals surface area contributed by atoms with E-state index in [1.54, 1.807) is 22.7 Å². The van der Waals surface area contributed by atoms with Crippen LogP contribution < -0.4 is 10.6 Å². The van der Waals surface area contributed by atoms with Gasteiger partial charge in [0.15, 0.2) is 0 Å². The molecule has 1 aliphatic heterocycles. The first-order valence-corrected chi connectivity index (χ1v) is 8.66. The van der Waals surface area contributed by atoms with Crippen LogP contribution >= 0.6 is 34.3 Å². The van der Waals surface area contributed by atoms with Crippen LogP contribution in [-0.4, -0.2) is 19.1 Å². The van der Waals surface area contributed by atoms with Gasteiger partial charge < -0.3 is 10.6 Å². The number of hydrogen-bond acceptors (Lipinski definition) is 4. The molecule has 2 nitrogen and oxygen atoms in total. The van der Waals surface area contributed by atoms with Crippen LogP contribution in [0.2, 0.25) is 4.34 Å². The average Bonchev–Trinajstić information content (AvgIpc) is 3.00. The van der Waals surface area contributed by atoms with Crippen molar-refractivity contribution in [1.82, 2.24) is 0 Å². The zero-order valence-electron chi connectivity index (χ0n) is 10.6. The molecule has 2 N–H and O–H groups in total. The third-order valence-electron chi connectivity index (χ3n) is 3.59. The van der Waals surface area contributed by atoms with Gasteiger partial charge in [-0.1, -0.05) is 11.6 Å². The predicted molar refractivity (Wildman–Crippen MR) is 85.6 cm³/mol. The molecular formula is C14H17ClN2S2. The van der Waals surface area contributed by atoms with Gasteiger partial charge in [-0.05, 0) is 47.2 Å². The quantitative estimate of drug-likeness (QED) is 0.932. The van der Waals surface area contributed by atoms with Gasteiger partial charge in [0.25, 0.3) is 0 Å². The Morgan fingerprint density at radius 2 is 2.26 bits per heavy atom. The molecule has 0 bridgehead atoms. The lowest BCUT2D eigenvalue weighted by Crippen LogP contribution is -2.47. The van der Waals surface area contributed by atoms with E-state index in [0.717, 1.165) is 30.3 Å². The van der Waals surface area contributed by atoms with Crippen LogP contribution in [0.3, 0.4) is 0 Å². The number of piperidine rings is 1. The Morgan fingerprint density at radius 1 is 1.37 bits per heavy atom. The van der Waals surface area contributed by atoms with Crippen molar-refractivity contribution in [2.45, 2.75) is 18.9 Å². The number of thiophene rings is 2. The van der Waals surface area contributed by atoms with Gasteiger partial charge in [0.05, 0.1) is 4.34 Å². The smallest absolute Gasteiger partial charge is 0.0931 e. The Labute approximate surface area is 126 Å². The SMILES string of the molecule is NC1CC(Cc2csc(Cl)c2)CN(c2ccsc2)C1. The van der Waals surface area contributed by atoms with E-state index < -0.39 is 0 Å². The molecule has 0 aromatic carbocycles. The monoisotopic (exact) mass is 312 g/mol. The molecular weight excluding hydrogens is 296 g/mol. The van der Waals surface area contributed by atoms with E-state index in [4.69, 9.17) is 17.3 Å². The second-order valence-electron chi connectivity index (χ2n) is 5.21. The van der Waals surface area contributed by atoms with E-state index in [1.807, 2.05) is 0 Å². The van der Waals surface area contributed by atoms with Crippen LogP contribution in [0.15, 0.2) is 28.3 Å². The lowest BCUT2D eigenvalue weighted by molar-refractivity contribution is 0.375. The molecule has 0 spiro atoms. The molecule has 5 heteroatoms. The molecule has 2 unspecified atom stereocenters. The van der Waals surface area contributed by atoms with Crippen molar-refractivity contribution in [2.75, 3.05) is 18.0 Å². The van der Waals surface area contributed by atoms with Crippen molar-refractivity contribution in [3.63, 3.8) is 0 Å². The van der Waals surface area contributed by atoms with Gasteiger partial charge in [0.2, 0.25) is 0 Å². The van der Waals surface area contributed by atoms with E-state index in [0.29, 0.717) is 5.92 Å². The van der Waals surface area contributed by atoms with Gasteiger partial charge in [-0.15, -0.1) is 11.3 Å². The van der Waals surface area contributed by atoms with E-state index in [9.17, 15) is 0 Å². The first-order chi connectivity index (χ1) is 9.20. The summed E-state index contributed by atoms with van der Waals surface area (Å²) in [4.78, 5) is 2.42. The summed E-state index contributed by atoms with van der Waals surface area (Å²) in [5, 5.41) is 6.50. The highest BCUT2D eigenvalue weighted by Gasteiger charge is 2.25. The number of rotatable bonds is 3. The van der Waals surface area contributed by atoms with Gasteiger partial charge in [-0.2, -0.15) is 11.3 Å². The molecule has 2 aromatic heterocycles. The van der Waals surface area contributed by atoms with Gasteiger partial charge in [0.1, 0.15) is 0 Å². The van der Waals surface area contributed by atoms with Crippen molar-refractivity contribution >= 4 is 40.0 Å². The molecule has 0 radical (unpaired) electrons. The number of anilines is 1. The molecule has 1 aliphatic rings. The van der Waals surface area contributed by atoms with Crippen LogP contribution in [0.1, 0.15) is 12.0 Å². The first kappa shape index (κ1) is 13.4. The molecule has 0 amide bonds. The molecule has 19 heavy (non-hydrogen) atoms. The molecule has 0 saturated carbocycles. The second-order valence-corrected chi connectivity index (χ2v) is 7.53. The predicted octanol–water partition coefficient (Wildman–Crippen LogP) is 3.86. The lowest BCUT2D eigenvalue weighted by Gasteiger charge is -2.37. The van der Waals surface area contributed by atoms with E-state index in [-0.39, 0.29) is 6.04 Å². The van der Waals surface area contributed by atoms with Crippen molar-refractivity contribution in [1.29, 1.82) is 0 Å². The van der Waals surface area contributed by atoms with Gasteiger partial charge in [-0.3, -0.25) is 0 Å². The molecule has 1 fully saturated rings. The Bertz CT molecular complexity index is 523. The minimum absolute atomic E-state index is 0.271. The topological polar surface area (TPSA) is 29.3 Å². The van der Waals surface area contributed by atoms with Crippen molar-refractivity contribution in [3.05, 3.63) is 38.2 Å². The van der Waals surface area contributed by atoms with Crippen LogP contribution in [0.5, 0.6) is 0 Å². The highest BCUT2D eigenvalue weighted by molar-refractivity contribution is 7.14. The van der Waals surface area contributed by atoms with Gasteiger partial charge in [0, 0.05) is 30.2 Å². The summed E-state index contributed by atoms with van der Waals surface area (Å²) in [6.07, 6.45) is 2.19. The summed E-state index contributed by atoms with van der Waals surface area (Å²) in [7, 11) is 0. The maximum absolute atomic E-state index is 6.22. The minimum Gasteiger partial charge on any atom is -0.369 e. The van der Waals surface area contributed by atoms with Gasteiger partial charge in [-0.25, -0.2) is 0 Å². The van der Waals surface area contributed by atoms with Crippen molar-refractivity contribution in [2.24, 2.45) is 11.7 Å². The van der Waals surface area contributed by atoms with Crippen LogP contribution in [0.25, 0.3) is 0 Å². The molecule has 2 aromatic rings. The molecule has 0 aliphatic carbocycles. The summed E-state index contributed by atoms with van der Waals surface area (Å²) in [5.41, 5.74) is 8.88.